The zero-order valence-corrected chi connectivity index (χ0v) is 29.8. The van der Waals surface area contributed by atoms with Gasteiger partial charge in [0, 0.05) is 121 Å². The number of nitrogens with two attached hydrogens (primary N) is 1. The van der Waals surface area contributed by atoms with Crippen molar-refractivity contribution in [3.05, 3.63) is 68.1 Å². The molecule has 49 heavy (non-hydrogen) atoms. The molecule has 1 saturated heterocycles. The summed E-state index contributed by atoms with van der Waals surface area (Å²) < 4.78 is 13.6. The summed E-state index contributed by atoms with van der Waals surface area (Å²) in [4.78, 5) is 5.61. The highest BCUT2D eigenvalue weighted by atomic mass is 16.4. The highest BCUT2D eigenvalue weighted by Crippen LogP contribution is 2.52. The van der Waals surface area contributed by atoms with Gasteiger partial charge in [0.25, 0.3) is 0 Å². The molecule has 4 N–H and O–H groups in total. The molecule has 7 nitrogen and oxygen atoms in total. The van der Waals surface area contributed by atoms with E-state index in [2.05, 4.69) is 46.4 Å². The van der Waals surface area contributed by atoms with Crippen LogP contribution in [0, 0.1) is 17.8 Å². The van der Waals surface area contributed by atoms with Crippen LogP contribution in [0.3, 0.4) is 0 Å². The lowest BCUT2D eigenvalue weighted by Gasteiger charge is -2.38. The van der Waals surface area contributed by atoms with E-state index in [1.54, 1.807) is 16.8 Å². The van der Waals surface area contributed by atoms with Gasteiger partial charge in [0.05, 0.1) is 0 Å². The summed E-state index contributed by atoms with van der Waals surface area (Å²) in [6.45, 7) is 9.81. The van der Waals surface area contributed by atoms with E-state index in [-0.39, 0.29) is 0 Å². The molecule has 0 radical (unpaired) electrons. The zero-order valence-electron chi connectivity index (χ0n) is 29.8. The second-order valence-corrected chi connectivity index (χ2v) is 16.3. The van der Waals surface area contributed by atoms with Gasteiger partial charge in [-0.15, -0.1) is 0 Å². The summed E-state index contributed by atoms with van der Waals surface area (Å²) >= 11 is 0. The number of nitrogens with zero attached hydrogens (tertiary/aromatic N) is 2. The molecule has 8 aliphatic rings. The Hall–Kier alpha value is -3.00. The quantitative estimate of drug-likeness (QED) is 0.311. The largest absolute Gasteiger partial charge is 0.465 e. The molecule has 0 bridgehead atoms. The number of fused-ring (bicyclic) bond motifs is 10. The number of nitrogens with one attached hydrogen (secondary N) is 2. The standard InChI is InChI=1S/C42H55N5O2/c1-3-25-4-8-28-32-23-45-19-16-36(32)47(34(28)9-5-25)27-7-11-38-30(21-27)42-40(49-38)13-12-39-41(42)29-20-26(6-10-37(29)48-39)46-33(14-17-43)24(2)31-22-44-18-15-35(31)46/h20-21,25,28,31,34-35,44-45H,3-19,22-23,43H2,1-2H3. The maximum Gasteiger partial charge on any atom is 0.113 e. The molecule has 5 atom stereocenters. The van der Waals surface area contributed by atoms with Crippen LogP contribution in [-0.4, -0.2) is 54.6 Å². The van der Waals surface area contributed by atoms with E-state index >= 15 is 0 Å². The van der Waals surface area contributed by atoms with Crippen LogP contribution in [0.25, 0.3) is 23.3 Å². The summed E-state index contributed by atoms with van der Waals surface area (Å²) in [5, 5.41) is 7.42. The Bertz CT molecular complexity index is 1800. The lowest BCUT2D eigenvalue weighted by atomic mass is 9.85. The van der Waals surface area contributed by atoms with Crippen molar-refractivity contribution >= 4 is 12.2 Å². The molecule has 0 spiro atoms. The molecule has 6 heterocycles. The van der Waals surface area contributed by atoms with Crippen molar-refractivity contribution in [3.63, 3.8) is 0 Å². The maximum absolute atomic E-state index is 6.79. The van der Waals surface area contributed by atoms with Crippen LogP contribution in [0.2, 0.25) is 0 Å². The fourth-order valence-corrected chi connectivity index (χ4v) is 11.7. The number of allylic oxidation sites excluding steroid dienone is 2. The van der Waals surface area contributed by atoms with Crippen molar-refractivity contribution in [1.82, 2.24) is 20.4 Å². The van der Waals surface area contributed by atoms with Crippen LogP contribution in [0.1, 0.15) is 112 Å². The fourth-order valence-electron chi connectivity index (χ4n) is 11.7. The van der Waals surface area contributed by atoms with E-state index in [0.29, 0.717) is 30.5 Å². The minimum Gasteiger partial charge on any atom is -0.465 e. The van der Waals surface area contributed by atoms with E-state index in [1.165, 1.54) is 101 Å². The first-order valence-corrected chi connectivity index (χ1v) is 19.9. The van der Waals surface area contributed by atoms with Gasteiger partial charge in [0.15, 0.2) is 0 Å². The number of furan rings is 2. The van der Waals surface area contributed by atoms with Gasteiger partial charge in [0.1, 0.15) is 23.0 Å². The second-order valence-electron chi connectivity index (χ2n) is 16.3. The van der Waals surface area contributed by atoms with Gasteiger partial charge in [-0.05, 0) is 101 Å². The molecule has 2 aromatic heterocycles. The van der Waals surface area contributed by atoms with Crippen LogP contribution in [0.5, 0.6) is 0 Å². The van der Waals surface area contributed by atoms with Gasteiger partial charge in [-0.25, -0.2) is 0 Å². The van der Waals surface area contributed by atoms with Crippen LogP contribution >= 0.6 is 0 Å². The summed E-state index contributed by atoms with van der Waals surface area (Å²) in [7, 11) is 0. The normalized spacial score (nSPS) is 30.6. The highest BCUT2D eigenvalue weighted by molar-refractivity contribution is 5.89. The van der Waals surface area contributed by atoms with E-state index in [4.69, 9.17) is 14.6 Å². The average Bonchev–Trinajstić information content (AvgIpc) is 3.81. The first kappa shape index (κ1) is 30.8. The molecule has 7 heteroatoms. The van der Waals surface area contributed by atoms with Crippen LogP contribution in [-0.2, 0) is 25.7 Å². The van der Waals surface area contributed by atoms with Gasteiger partial charge >= 0.3 is 0 Å². The predicted molar refractivity (Wildman–Crippen MR) is 195 cm³/mol. The number of hydrogen-bond donors (Lipinski definition) is 3. The zero-order chi connectivity index (χ0) is 32.8. The van der Waals surface area contributed by atoms with Crippen molar-refractivity contribution < 1.29 is 8.83 Å². The maximum atomic E-state index is 6.79. The molecule has 0 amide bonds. The number of aryl methyl sites for hydroxylation is 4. The van der Waals surface area contributed by atoms with Crippen molar-refractivity contribution in [1.29, 1.82) is 0 Å². The smallest absolute Gasteiger partial charge is 0.113 e. The lowest BCUT2D eigenvalue weighted by Crippen LogP contribution is -2.45. The Morgan fingerprint density at radius 1 is 0.735 bits per heavy atom. The van der Waals surface area contributed by atoms with Crippen LogP contribution < -0.4 is 16.4 Å². The van der Waals surface area contributed by atoms with Gasteiger partial charge in [-0.3, -0.25) is 0 Å². The summed E-state index contributed by atoms with van der Waals surface area (Å²) in [5.74, 6) is 6.90. The third kappa shape index (κ3) is 4.70. The Balaban J connectivity index is 1.05. The molecule has 0 aromatic carbocycles. The average molecular weight is 662 g/mol. The number of hydrogen-bond acceptors (Lipinski definition) is 7. The van der Waals surface area contributed by atoms with Gasteiger partial charge < -0.3 is 35.0 Å². The Morgan fingerprint density at radius 3 is 2.12 bits per heavy atom. The van der Waals surface area contributed by atoms with Crippen molar-refractivity contribution in [2.45, 2.75) is 116 Å². The van der Waals surface area contributed by atoms with E-state index < -0.39 is 0 Å². The lowest BCUT2D eigenvalue weighted by molar-refractivity contribution is 0.228. The van der Waals surface area contributed by atoms with E-state index in [0.717, 1.165) is 83.5 Å². The molecular weight excluding hydrogens is 606 g/mol. The molecule has 4 aliphatic heterocycles. The molecular formula is C42H55N5O2. The minimum absolute atomic E-state index is 0.538. The second kappa shape index (κ2) is 12.1. The van der Waals surface area contributed by atoms with Gasteiger partial charge in [0.2, 0.25) is 0 Å². The number of piperidine rings is 1. The SMILES string of the molecule is CCC1CCC2C3=C(CCNC3)N(C3=Cc4c(oc5c4-c4c(oc6c4C=C(N4C(CCN)=C(C)C7CNCCC74)CC6)CC5)CC3)C2CC1. The van der Waals surface area contributed by atoms with Crippen molar-refractivity contribution in [3.8, 4) is 11.1 Å². The molecule has 4 aliphatic carbocycles. The van der Waals surface area contributed by atoms with E-state index in [1.807, 2.05) is 0 Å². The topological polar surface area (TPSA) is 82.8 Å². The third-order valence-electron chi connectivity index (χ3n) is 14.0. The molecule has 2 fully saturated rings. The van der Waals surface area contributed by atoms with Gasteiger partial charge in [-0.1, -0.05) is 13.3 Å². The number of rotatable bonds is 5. The van der Waals surface area contributed by atoms with E-state index in [9.17, 15) is 0 Å². The first-order chi connectivity index (χ1) is 24.1. The molecule has 5 unspecified atom stereocenters. The van der Waals surface area contributed by atoms with Crippen molar-refractivity contribution in [2.75, 3.05) is 32.7 Å². The Labute approximate surface area is 292 Å². The first-order valence-electron chi connectivity index (χ1n) is 19.9. The predicted octanol–water partition coefficient (Wildman–Crippen LogP) is 7.28. The third-order valence-corrected chi connectivity index (χ3v) is 14.0. The van der Waals surface area contributed by atoms with Crippen molar-refractivity contribution in [2.24, 2.45) is 23.5 Å². The summed E-state index contributed by atoms with van der Waals surface area (Å²) in [6, 6.07) is 1.16. The Morgan fingerprint density at radius 2 is 1.41 bits per heavy atom. The summed E-state index contributed by atoms with van der Waals surface area (Å²) in [5.41, 5.74) is 21.0. The van der Waals surface area contributed by atoms with Crippen LogP contribution in [0.15, 0.2) is 42.8 Å². The molecule has 10 rings (SSSR count). The molecule has 2 aromatic rings. The Kier molecular flexibility index (Phi) is 7.58. The summed E-state index contributed by atoms with van der Waals surface area (Å²) in [6.07, 6.45) is 21.1. The monoisotopic (exact) mass is 661 g/mol. The molecule has 260 valence electrons. The van der Waals surface area contributed by atoms with Gasteiger partial charge in [-0.2, -0.15) is 0 Å². The highest BCUT2D eigenvalue weighted by Gasteiger charge is 2.45. The fraction of sp³-hybridized carbons (Fsp3) is 0.619. The van der Waals surface area contributed by atoms with Crippen LogP contribution in [0.4, 0.5) is 0 Å². The molecule has 1 saturated carbocycles. The minimum atomic E-state index is 0.538.